The maximum Gasteiger partial charge on any atom is 0.230 e. The lowest BCUT2D eigenvalue weighted by Crippen LogP contribution is -2.28. The average Bonchev–Trinajstić information content (AvgIpc) is 3.32. The second-order valence-electron chi connectivity index (χ2n) is 7.13. The van der Waals surface area contributed by atoms with Crippen LogP contribution in [-0.2, 0) is 4.79 Å². The Morgan fingerprint density at radius 2 is 2.07 bits per heavy atom. The summed E-state index contributed by atoms with van der Waals surface area (Å²) in [5.74, 6) is 0.565. The van der Waals surface area contributed by atoms with Crippen molar-refractivity contribution < 1.29 is 18.4 Å². The Bertz CT molecular complexity index is 813. The lowest BCUT2D eigenvalue weighted by molar-refractivity contribution is -0.117. The number of anilines is 1. The number of carbonyl (C=O) groups is 1. The number of aryl methyl sites for hydroxylation is 2. The summed E-state index contributed by atoms with van der Waals surface area (Å²) in [5, 5.41) is 6.83. The van der Waals surface area contributed by atoms with E-state index in [1.54, 1.807) is 6.07 Å². The number of halogens is 1. The number of alkyl halides is 1. The van der Waals surface area contributed by atoms with Crippen molar-refractivity contribution in [1.82, 2.24) is 10.1 Å². The van der Waals surface area contributed by atoms with Gasteiger partial charge in [-0.3, -0.25) is 4.79 Å². The molecule has 28 heavy (non-hydrogen) atoms. The van der Waals surface area contributed by atoms with E-state index < -0.39 is 12.1 Å². The molecule has 7 heteroatoms. The summed E-state index contributed by atoms with van der Waals surface area (Å²) in [5.41, 5.74) is 3.01. The number of rotatable bonds is 9. The van der Waals surface area contributed by atoms with Crippen LogP contribution in [0.3, 0.4) is 0 Å². The van der Waals surface area contributed by atoms with Gasteiger partial charge in [0.25, 0.3) is 0 Å². The van der Waals surface area contributed by atoms with Gasteiger partial charge in [-0.15, -0.1) is 0 Å². The van der Waals surface area contributed by atoms with Gasteiger partial charge in [-0.2, -0.15) is 0 Å². The largest absolute Gasteiger partial charge is 0.492 e. The van der Waals surface area contributed by atoms with Crippen LogP contribution >= 0.6 is 0 Å². The molecule has 0 saturated heterocycles. The van der Waals surface area contributed by atoms with E-state index in [-0.39, 0.29) is 5.91 Å². The molecule has 1 aromatic carbocycles. The molecule has 1 amide bonds. The molecular formula is C21H28FN3O3. The second kappa shape index (κ2) is 8.73. The Labute approximate surface area is 165 Å². The first-order valence-corrected chi connectivity index (χ1v) is 9.81. The number of hydrogen-bond acceptors (Lipinski definition) is 5. The summed E-state index contributed by atoms with van der Waals surface area (Å²) in [7, 11) is 0. The maximum absolute atomic E-state index is 13.2. The highest BCUT2D eigenvalue weighted by Gasteiger charge is 2.43. The van der Waals surface area contributed by atoms with E-state index in [0.717, 1.165) is 36.5 Å². The van der Waals surface area contributed by atoms with E-state index in [2.05, 4.69) is 29.2 Å². The van der Waals surface area contributed by atoms with Crippen molar-refractivity contribution in [3.8, 4) is 16.9 Å². The highest BCUT2D eigenvalue weighted by molar-refractivity contribution is 5.95. The highest BCUT2D eigenvalue weighted by atomic mass is 19.1. The van der Waals surface area contributed by atoms with Gasteiger partial charge in [0.05, 0.1) is 17.2 Å². The zero-order valence-electron chi connectivity index (χ0n) is 16.9. The smallest absolute Gasteiger partial charge is 0.230 e. The van der Waals surface area contributed by atoms with Crippen LogP contribution in [-0.4, -0.2) is 48.4 Å². The fourth-order valence-electron chi connectivity index (χ4n) is 3.29. The van der Waals surface area contributed by atoms with E-state index >= 15 is 0 Å². The SMILES string of the molecule is CCN(CC)CCOc1ccc(NC(=O)[C@@H]2C[C@@H]2F)cc1-c1c(C)noc1C. The molecule has 6 nitrogen and oxygen atoms in total. The number of amides is 1. The Balaban J connectivity index is 1.83. The quantitative estimate of drug-likeness (QED) is 0.703. The molecule has 0 aliphatic heterocycles. The fourth-order valence-corrected chi connectivity index (χ4v) is 3.29. The van der Waals surface area contributed by atoms with Crippen LogP contribution in [0, 0.1) is 19.8 Å². The summed E-state index contributed by atoms with van der Waals surface area (Å²) in [4.78, 5) is 14.4. The van der Waals surface area contributed by atoms with E-state index in [4.69, 9.17) is 9.26 Å². The molecule has 1 N–H and O–H groups in total. The molecule has 0 spiro atoms. The minimum absolute atomic E-state index is 0.285. The lowest BCUT2D eigenvalue weighted by atomic mass is 10.0. The van der Waals surface area contributed by atoms with Crippen molar-refractivity contribution in [2.75, 3.05) is 31.6 Å². The number of nitrogens with zero attached hydrogens (tertiary/aromatic N) is 2. The molecular weight excluding hydrogens is 361 g/mol. The first kappa shape index (κ1) is 20.3. The van der Waals surface area contributed by atoms with Gasteiger partial charge in [-0.05, 0) is 51.6 Å². The molecule has 3 rings (SSSR count). The molecule has 1 aliphatic rings. The average molecular weight is 389 g/mol. The second-order valence-corrected chi connectivity index (χ2v) is 7.13. The third kappa shape index (κ3) is 4.52. The van der Waals surface area contributed by atoms with E-state index in [1.165, 1.54) is 0 Å². The van der Waals surface area contributed by atoms with Crippen LogP contribution < -0.4 is 10.1 Å². The zero-order chi connectivity index (χ0) is 20.3. The zero-order valence-corrected chi connectivity index (χ0v) is 16.9. The monoisotopic (exact) mass is 389 g/mol. The molecule has 0 radical (unpaired) electrons. The van der Waals surface area contributed by atoms with Crippen LogP contribution in [0.15, 0.2) is 22.7 Å². The molecule has 0 unspecified atom stereocenters. The topological polar surface area (TPSA) is 67.6 Å². The summed E-state index contributed by atoms with van der Waals surface area (Å²) < 4.78 is 24.5. The molecule has 1 fully saturated rings. The predicted octanol–water partition coefficient (Wildman–Crippen LogP) is 3.98. The number of likely N-dealkylation sites (N-methyl/N-ethyl adjacent to an activating group) is 1. The molecule has 152 valence electrons. The van der Waals surface area contributed by atoms with Crippen molar-refractivity contribution >= 4 is 11.6 Å². The molecule has 1 aromatic heterocycles. The first-order valence-electron chi connectivity index (χ1n) is 9.81. The van der Waals surface area contributed by atoms with Crippen molar-refractivity contribution in [3.63, 3.8) is 0 Å². The predicted molar refractivity (Wildman–Crippen MR) is 106 cm³/mol. The van der Waals surface area contributed by atoms with Crippen molar-refractivity contribution in [2.24, 2.45) is 5.92 Å². The number of nitrogens with one attached hydrogen (secondary N) is 1. The molecule has 1 saturated carbocycles. The van der Waals surface area contributed by atoms with Gasteiger partial charge < -0.3 is 19.5 Å². The third-order valence-corrected chi connectivity index (χ3v) is 5.16. The standard InChI is InChI=1S/C21H28FN3O3/c1-5-25(6-2)9-10-27-19-8-7-15(23-21(26)16-12-18(16)22)11-17(19)20-13(3)24-28-14(20)4/h7-8,11,16,18H,5-6,9-10,12H2,1-4H3,(H,23,26)/t16-,18+/m1/s1. The van der Waals surface area contributed by atoms with Gasteiger partial charge in [-0.25, -0.2) is 4.39 Å². The van der Waals surface area contributed by atoms with E-state index in [1.807, 2.05) is 26.0 Å². The van der Waals surface area contributed by atoms with Crippen molar-refractivity contribution in [2.45, 2.75) is 40.3 Å². The van der Waals surface area contributed by atoms with Crippen molar-refractivity contribution in [3.05, 3.63) is 29.7 Å². The molecule has 2 atom stereocenters. The highest BCUT2D eigenvalue weighted by Crippen LogP contribution is 2.38. The summed E-state index contributed by atoms with van der Waals surface area (Å²) in [6.45, 7) is 11.3. The third-order valence-electron chi connectivity index (χ3n) is 5.16. The minimum Gasteiger partial charge on any atom is -0.492 e. The number of hydrogen-bond donors (Lipinski definition) is 1. The Morgan fingerprint density at radius 1 is 1.36 bits per heavy atom. The van der Waals surface area contributed by atoms with Crippen LogP contribution in [0.25, 0.3) is 11.1 Å². The summed E-state index contributed by atoms with van der Waals surface area (Å²) in [6, 6.07) is 5.45. The van der Waals surface area contributed by atoms with Gasteiger partial charge in [0.1, 0.15) is 24.3 Å². The first-order chi connectivity index (χ1) is 13.4. The van der Waals surface area contributed by atoms with Gasteiger partial charge in [0.15, 0.2) is 0 Å². The Morgan fingerprint density at radius 3 is 2.64 bits per heavy atom. The van der Waals surface area contributed by atoms with E-state index in [0.29, 0.717) is 30.2 Å². The molecule has 2 aromatic rings. The Hall–Kier alpha value is -2.41. The van der Waals surface area contributed by atoms with E-state index in [9.17, 15) is 9.18 Å². The summed E-state index contributed by atoms with van der Waals surface area (Å²) in [6.07, 6.45) is -0.723. The molecule has 0 bridgehead atoms. The fraction of sp³-hybridized carbons (Fsp3) is 0.524. The number of carbonyl (C=O) groups excluding carboxylic acids is 1. The van der Waals surface area contributed by atoms with Gasteiger partial charge in [0, 0.05) is 17.8 Å². The number of ether oxygens (including phenoxy) is 1. The van der Waals surface area contributed by atoms with Gasteiger partial charge in [-0.1, -0.05) is 19.0 Å². The Kier molecular flexibility index (Phi) is 6.34. The van der Waals surface area contributed by atoms with Crippen LogP contribution in [0.2, 0.25) is 0 Å². The lowest BCUT2D eigenvalue weighted by Gasteiger charge is -2.19. The number of benzene rings is 1. The van der Waals surface area contributed by atoms with Crippen LogP contribution in [0.5, 0.6) is 5.75 Å². The van der Waals surface area contributed by atoms with Crippen LogP contribution in [0.1, 0.15) is 31.7 Å². The minimum atomic E-state index is -1.02. The molecule has 1 aliphatic carbocycles. The van der Waals surface area contributed by atoms with Gasteiger partial charge >= 0.3 is 0 Å². The van der Waals surface area contributed by atoms with Gasteiger partial charge in [0.2, 0.25) is 5.91 Å². The number of aromatic nitrogens is 1. The summed E-state index contributed by atoms with van der Waals surface area (Å²) >= 11 is 0. The van der Waals surface area contributed by atoms with Crippen molar-refractivity contribution in [1.29, 1.82) is 0 Å². The molecule has 1 heterocycles. The van der Waals surface area contributed by atoms with Crippen LogP contribution in [0.4, 0.5) is 10.1 Å². The maximum atomic E-state index is 13.2. The normalized spacial score (nSPS) is 18.4.